The van der Waals surface area contributed by atoms with Crippen LogP contribution in [0.4, 0.5) is 8.78 Å². The second-order valence-corrected chi connectivity index (χ2v) is 7.19. The Kier molecular flexibility index (Phi) is 4.43. The minimum Gasteiger partial charge on any atom is -0.369 e. The lowest BCUT2D eigenvalue weighted by atomic mass is 9.82. The molecular formula is C20H16F2N4OS. The molecule has 0 radical (unpaired) electrons. The van der Waals surface area contributed by atoms with E-state index in [4.69, 9.17) is 5.73 Å². The first-order chi connectivity index (χ1) is 13.4. The van der Waals surface area contributed by atoms with Gasteiger partial charge in [-0.1, -0.05) is 18.2 Å². The third-order valence-electron chi connectivity index (χ3n) is 4.80. The van der Waals surface area contributed by atoms with Gasteiger partial charge in [0.15, 0.2) is 11.5 Å². The maximum atomic E-state index is 13.2. The summed E-state index contributed by atoms with van der Waals surface area (Å²) in [7, 11) is 1.51. The minimum absolute atomic E-state index is 0.0290. The molecular weight excluding hydrogens is 382 g/mol. The van der Waals surface area contributed by atoms with E-state index in [1.807, 2.05) is 35.0 Å². The van der Waals surface area contributed by atoms with Gasteiger partial charge in [-0.05, 0) is 57.3 Å². The smallest absolute Gasteiger partial charge is 0.280 e. The SMILES string of the molecule is CN1C(=O)C(c2cccc(-c3ccsc3)c2)(c2ccnc(C(F)F)c2)N=C1N. The van der Waals surface area contributed by atoms with Crippen LogP contribution in [-0.4, -0.2) is 28.8 Å². The number of aliphatic imine (C=N–C) groups is 1. The molecule has 142 valence electrons. The van der Waals surface area contributed by atoms with Crippen molar-refractivity contribution in [1.29, 1.82) is 0 Å². The summed E-state index contributed by atoms with van der Waals surface area (Å²) < 4.78 is 26.5. The van der Waals surface area contributed by atoms with Gasteiger partial charge < -0.3 is 5.73 Å². The molecule has 1 aliphatic heterocycles. The average Bonchev–Trinajstić information content (AvgIpc) is 3.32. The van der Waals surface area contributed by atoms with E-state index in [1.54, 1.807) is 17.4 Å². The van der Waals surface area contributed by atoms with Crippen LogP contribution >= 0.6 is 11.3 Å². The molecule has 1 atom stereocenters. The maximum absolute atomic E-state index is 13.2. The first kappa shape index (κ1) is 18.2. The fourth-order valence-electron chi connectivity index (χ4n) is 3.33. The third kappa shape index (κ3) is 2.77. The molecule has 0 spiro atoms. The molecule has 1 aliphatic rings. The average molecular weight is 398 g/mol. The summed E-state index contributed by atoms with van der Waals surface area (Å²) in [5.74, 6) is -0.375. The lowest BCUT2D eigenvalue weighted by Gasteiger charge is -2.26. The number of nitrogens with zero attached hydrogens (tertiary/aromatic N) is 3. The van der Waals surface area contributed by atoms with Crippen molar-refractivity contribution in [1.82, 2.24) is 9.88 Å². The first-order valence-corrected chi connectivity index (χ1v) is 9.39. The summed E-state index contributed by atoms with van der Waals surface area (Å²) in [6.07, 6.45) is -1.50. The van der Waals surface area contributed by atoms with Crippen LogP contribution in [0.2, 0.25) is 0 Å². The van der Waals surface area contributed by atoms with Crippen LogP contribution < -0.4 is 5.73 Å². The number of nitrogens with two attached hydrogens (primary N) is 1. The van der Waals surface area contributed by atoms with E-state index in [0.29, 0.717) is 11.1 Å². The van der Waals surface area contributed by atoms with Gasteiger partial charge in [0.1, 0.15) is 5.69 Å². The van der Waals surface area contributed by atoms with E-state index < -0.39 is 23.6 Å². The zero-order valence-electron chi connectivity index (χ0n) is 14.8. The van der Waals surface area contributed by atoms with Gasteiger partial charge in [0.25, 0.3) is 12.3 Å². The molecule has 2 aromatic heterocycles. The number of rotatable bonds is 4. The van der Waals surface area contributed by atoms with Gasteiger partial charge in [-0.3, -0.25) is 14.7 Å². The monoisotopic (exact) mass is 398 g/mol. The van der Waals surface area contributed by atoms with Crippen LogP contribution in [0.3, 0.4) is 0 Å². The second-order valence-electron chi connectivity index (χ2n) is 6.41. The standard InChI is InChI=1S/C20H16F2N4OS/c1-26-18(27)20(25-19(26)23,15-5-7-24-16(10-15)17(21)22)14-4-2-3-12(9-14)13-6-8-28-11-13/h2-11,17H,1H3,(H2,23,25). The number of aromatic nitrogens is 1. The van der Waals surface area contributed by atoms with Gasteiger partial charge in [-0.15, -0.1) is 0 Å². The quantitative estimate of drug-likeness (QED) is 0.727. The van der Waals surface area contributed by atoms with E-state index in [9.17, 15) is 13.6 Å². The normalized spacial score (nSPS) is 19.4. The van der Waals surface area contributed by atoms with Crippen molar-refractivity contribution in [2.75, 3.05) is 7.05 Å². The number of likely N-dealkylation sites (N-methyl/N-ethyl adjacent to an activating group) is 1. The van der Waals surface area contributed by atoms with Crippen molar-refractivity contribution in [3.8, 4) is 11.1 Å². The Morgan fingerprint density at radius 3 is 2.57 bits per heavy atom. The number of carbonyl (C=O) groups is 1. The van der Waals surface area contributed by atoms with Crippen molar-refractivity contribution < 1.29 is 13.6 Å². The molecule has 0 fully saturated rings. The van der Waals surface area contributed by atoms with Gasteiger partial charge in [0.2, 0.25) is 0 Å². The highest BCUT2D eigenvalue weighted by Crippen LogP contribution is 2.41. The highest BCUT2D eigenvalue weighted by atomic mass is 32.1. The van der Waals surface area contributed by atoms with Crippen LogP contribution in [0, 0.1) is 0 Å². The van der Waals surface area contributed by atoms with Crippen molar-refractivity contribution >= 4 is 23.2 Å². The van der Waals surface area contributed by atoms with Gasteiger partial charge in [0, 0.05) is 13.2 Å². The summed E-state index contributed by atoms with van der Waals surface area (Å²) in [5, 5.41) is 3.95. The Morgan fingerprint density at radius 1 is 1.14 bits per heavy atom. The highest BCUT2D eigenvalue weighted by molar-refractivity contribution is 7.08. The molecule has 1 aromatic carbocycles. The summed E-state index contributed by atoms with van der Waals surface area (Å²) in [4.78, 5) is 22.6. The number of hydrogen-bond donors (Lipinski definition) is 1. The summed E-state index contributed by atoms with van der Waals surface area (Å²) >= 11 is 1.56. The van der Waals surface area contributed by atoms with Gasteiger partial charge in [-0.2, -0.15) is 11.3 Å². The van der Waals surface area contributed by atoms with Gasteiger partial charge in [0.05, 0.1) is 0 Å². The molecule has 5 nitrogen and oxygen atoms in total. The molecule has 3 heterocycles. The Labute approximate surface area is 164 Å². The molecule has 0 aliphatic carbocycles. The predicted molar refractivity (Wildman–Crippen MR) is 104 cm³/mol. The lowest BCUT2D eigenvalue weighted by Crippen LogP contribution is -2.41. The van der Waals surface area contributed by atoms with E-state index >= 15 is 0 Å². The Balaban J connectivity index is 1.95. The van der Waals surface area contributed by atoms with Crippen molar-refractivity contribution in [2.45, 2.75) is 12.0 Å². The summed E-state index contributed by atoms with van der Waals surface area (Å²) in [5.41, 5.74) is 6.76. The van der Waals surface area contributed by atoms with E-state index in [-0.39, 0.29) is 5.96 Å². The fourth-order valence-corrected chi connectivity index (χ4v) is 3.99. The third-order valence-corrected chi connectivity index (χ3v) is 5.48. The van der Waals surface area contributed by atoms with Crippen molar-refractivity contribution in [2.24, 2.45) is 10.7 Å². The number of guanidine groups is 1. The van der Waals surface area contributed by atoms with E-state index in [0.717, 1.165) is 11.1 Å². The zero-order valence-corrected chi connectivity index (χ0v) is 15.7. The molecule has 0 saturated carbocycles. The topological polar surface area (TPSA) is 71.6 Å². The van der Waals surface area contributed by atoms with Crippen LogP contribution in [0.25, 0.3) is 11.1 Å². The number of carbonyl (C=O) groups excluding carboxylic acids is 1. The number of amides is 1. The van der Waals surface area contributed by atoms with Gasteiger partial charge in [-0.25, -0.2) is 13.8 Å². The molecule has 0 saturated heterocycles. The van der Waals surface area contributed by atoms with Crippen LogP contribution in [-0.2, 0) is 10.3 Å². The highest BCUT2D eigenvalue weighted by Gasteiger charge is 2.49. The molecule has 0 bridgehead atoms. The summed E-state index contributed by atoms with van der Waals surface area (Å²) in [6, 6.07) is 12.1. The number of benzene rings is 1. The fraction of sp³-hybridized carbons (Fsp3) is 0.150. The van der Waals surface area contributed by atoms with Crippen LogP contribution in [0.1, 0.15) is 23.2 Å². The number of hydrogen-bond acceptors (Lipinski definition) is 5. The first-order valence-electron chi connectivity index (χ1n) is 8.44. The zero-order chi connectivity index (χ0) is 19.9. The van der Waals surface area contributed by atoms with Crippen LogP contribution in [0.15, 0.2) is 64.4 Å². The number of alkyl halides is 2. The minimum atomic E-state index is -2.76. The molecule has 4 rings (SSSR count). The number of halogens is 2. The lowest BCUT2D eigenvalue weighted by molar-refractivity contribution is -0.129. The molecule has 1 amide bonds. The Morgan fingerprint density at radius 2 is 1.93 bits per heavy atom. The Hall–Kier alpha value is -3.13. The predicted octanol–water partition coefficient (Wildman–Crippen LogP) is 3.78. The molecule has 1 unspecified atom stereocenters. The van der Waals surface area contributed by atoms with Gasteiger partial charge >= 0.3 is 0 Å². The second kappa shape index (κ2) is 6.79. The maximum Gasteiger partial charge on any atom is 0.280 e. The number of pyridine rings is 1. The summed E-state index contributed by atoms with van der Waals surface area (Å²) in [6.45, 7) is 0. The van der Waals surface area contributed by atoms with Crippen molar-refractivity contribution in [3.63, 3.8) is 0 Å². The van der Waals surface area contributed by atoms with Crippen LogP contribution in [0.5, 0.6) is 0 Å². The molecule has 2 N–H and O–H groups in total. The van der Waals surface area contributed by atoms with E-state index in [1.165, 1.54) is 30.3 Å². The van der Waals surface area contributed by atoms with Crippen molar-refractivity contribution in [3.05, 3.63) is 76.2 Å². The Bertz CT molecular complexity index is 1070. The largest absolute Gasteiger partial charge is 0.369 e. The molecule has 28 heavy (non-hydrogen) atoms. The molecule has 3 aromatic rings. The van der Waals surface area contributed by atoms with E-state index in [2.05, 4.69) is 9.98 Å². The molecule has 8 heteroatoms. The number of thiophene rings is 1.